The molecule has 4 rings (SSSR count). The number of anilines is 1. The SMILES string of the molecule is Nc1cncc(-c2nc(C3Cc4ccccc4C3)no2)c1. The Morgan fingerprint density at radius 3 is 2.57 bits per heavy atom. The van der Waals surface area contributed by atoms with Gasteiger partial charge in [-0.05, 0) is 30.0 Å². The van der Waals surface area contributed by atoms with Gasteiger partial charge in [-0.3, -0.25) is 4.98 Å². The number of pyridine rings is 1. The van der Waals surface area contributed by atoms with Gasteiger partial charge >= 0.3 is 0 Å². The first-order valence-corrected chi connectivity index (χ1v) is 6.91. The Hall–Kier alpha value is -2.69. The van der Waals surface area contributed by atoms with Crippen LogP contribution in [0.4, 0.5) is 5.69 Å². The Morgan fingerprint density at radius 2 is 1.86 bits per heavy atom. The van der Waals surface area contributed by atoms with Gasteiger partial charge in [0.1, 0.15) is 0 Å². The second kappa shape index (κ2) is 4.70. The fraction of sp³-hybridized carbons (Fsp3) is 0.188. The largest absolute Gasteiger partial charge is 0.397 e. The summed E-state index contributed by atoms with van der Waals surface area (Å²) in [6.45, 7) is 0. The van der Waals surface area contributed by atoms with E-state index < -0.39 is 0 Å². The van der Waals surface area contributed by atoms with Crippen LogP contribution in [0.3, 0.4) is 0 Å². The number of fused-ring (bicyclic) bond motifs is 1. The van der Waals surface area contributed by atoms with Crippen LogP contribution in [-0.2, 0) is 12.8 Å². The van der Waals surface area contributed by atoms with Gasteiger partial charge in [0.2, 0.25) is 0 Å². The monoisotopic (exact) mass is 278 g/mol. The fourth-order valence-electron chi connectivity index (χ4n) is 2.83. The molecular formula is C16H14N4O. The first-order chi connectivity index (χ1) is 10.3. The highest BCUT2D eigenvalue weighted by Gasteiger charge is 2.26. The quantitative estimate of drug-likeness (QED) is 0.779. The van der Waals surface area contributed by atoms with Crippen molar-refractivity contribution in [3.8, 4) is 11.5 Å². The molecule has 1 aromatic carbocycles. The topological polar surface area (TPSA) is 77.8 Å². The maximum atomic E-state index is 5.73. The molecule has 5 nitrogen and oxygen atoms in total. The number of hydrogen-bond acceptors (Lipinski definition) is 5. The van der Waals surface area contributed by atoms with E-state index in [1.54, 1.807) is 18.5 Å². The van der Waals surface area contributed by atoms with Crippen LogP contribution in [0, 0.1) is 0 Å². The van der Waals surface area contributed by atoms with Gasteiger partial charge in [0, 0.05) is 18.3 Å². The molecule has 0 unspecified atom stereocenters. The summed E-state index contributed by atoms with van der Waals surface area (Å²) >= 11 is 0. The van der Waals surface area contributed by atoms with Crippen LogP contribution in [0.5, 0.6) is 0 Å². The summed E-state index contributed by atoms with van der Waals surface area (Å²) in [5.74, 6) is 1.51. The predicted molar refractivity (Wildman–Crippen MR) is 78.5 cm³/mol. The molecule has 0 saturated carbocycles. The van der Waals surface area contributed by atoms with Crippen molar-refractivity contribution in [2.45, 2.75) is 18.8 Å². The molecule has 0 fully saturated rings. The van der Waals surface area contributed by atoms with Crippen LogP contribution < -0.4 is 5.73 Å². The van der Waals surface area contributed by atoms with Crippen molar-refractivity contribution in [3.05, 3.63) is 59.7 Å². The number of aromatic nitrogens is 3. The van der Waals surface area contributed by atoms with Gasteiger partial charge in [0.05, 0.1) is 11.3 Å². The molecule has 0 aliphatic heterocycles. The molecule has 104 valence electrons. The number of rotatable bonds is 2. The maximum absolute atomic E-state index is 5.73. The Morgan fingerprint density at radius 1 is 1.10 bits per heavy atom. The van der Waals surface area contributed by atoms with E-state index in [1.165, 1.54) is 11.1 Å². The van der Waals surface area contributed by atoms with Gasteiger partial charge in [0.25, 0.3) is 5.89 Å². The number of nitrogens with two attached hydrogens (primary N) is 1. The molecule has 5 heteroatoms. The van der Waals surface area contributed by atoms with Crippen LogP contribution >= 0.6 is 0 Å². The zero-order valence-electron chi connectivity index (χ0n) is 11.4. The number of hydrogen-bond donors (Lipinski definition) is 1. The lowest BCUT2D eigenvalue weighted by Gasteiger charge is -2.00. The van der Waals surface area contributed by atoms with E-state index in [9.17, 15) is 0 Å². The highest BCUT2D eigenvalue weighted by Crippen LogP contribution is 2.33. The smallest absolute Gasteiger partial charge is 0.259 e. The molecule has 1 aliphatic carbocycles. The predicted octanol–water partition coefficient (Wildman–Crippen LogP) is 2.60. The summed E-state index contributed by atoms with van der Waals surface area (Å²) < 4.78 is 5.36. The molecule has 0 saturated heterocycles. The maximum Gasteiger partial charge on any atom is 0.259 e. The van der Waals surface area contributed by atoms with Crippen molar-refractivity contribution in [1.29, 1.82) is 0 Å². The third-order valence-electron chi connectivity index (χ3n) is 3.86. The van der Waals surface area contributed by atoms with Crippen molar-refractivity contribution in [1.82, 2.24) is 15.1 Å². The molecule has 0 radical (unpaired) electrons. The van der Waals surface area contributed by atoms with Gasteiger partial charge < -0.3 is 10.3 Å². The number of nitrogens with zero attached hydrogens (tertiary/aromatic N) is 3. The van der Waals surface area contributed by atoms with E-state index in [4.69, 9.17) is 10.3 Å². The van der Waals surface area contributed by atoms with Crippen LogP contribution in [0.2, 0.25) is 0 Å². The highest BCUT2D eigenvalue weighted by atomic mass is 16.5. The van der Waals surface area contributed by atoms with Crippen molar-refractivity contribution in [2.24, 2.45) is 0 Å². The zero-order valence-corrected chi connectivity index (χ0v) is 11.4. The standard InChI is InChI=1S/C16H14N4O/c17-14-7-13(8-18-9-14)16-19-15(20-21-16)12-5-10-3-1-2-4-11(10)6-12/h1-4,7-9,12H,5-6,17H2. The van der Waals surface area contributed by atoms with Gasteiger partial charge in [-0.25, -0.2) is 0 Å². The molecule has 2 aromatic heterocycles. The summed E-state index contributed by atoms with van der Waals surface area (Å²) in [6, 6.07) is 10.3. The van der Waals surface area contributed by atoms with Crippen LogP contribution in [0.25, 0.3) is 11.5 Å². The molecular weight excluding hydrogens is 264 g/mol. The average molecular weight is 278 g/mol. The first-order valence-electron chi connectivity index (χ1n) is 6.91. The normalized spacial score (nSPS) is 14.3. The van der Waals surface area contributed by atoms with E-state index in [0.717, 1.165) is 24.2 Å². The molecule has 21 heavy (non-hydrogen) atoms. The number of benzene rings is 1. The van der Waals surface area contributed by atoms with Crippen molar-refractivity contribution in [3.63, 3.8) is 0 Å². The highest BCUT2D eigenvalue weighted by molar-refractivity contribution is 5.57. The Labute approximate surface area is 121 Å². The van der Waals surface area contributed by atoms with Crippen molar-refractivity contribution >= 4 is 5.69 Å². The van der Waals surface area contributed by atoms with Crippen LogP contribution in [0.15, 0.2) is 47.2 Å². The summed E-state index contributed by atoms with van der Waals surface area (Å²) in [6.07, 6.45) is 5.19. The fourth-order valence-corrected chi connectivity index (χ4v) is 2.83. The minimum atomic E-state index is 0.286. The molecule has 0 bridgehead atoms. The van der Waals surface area contributed by atoms with Gasteiger partial charge in [0.15, 0.2) is 5.82 Å². The third kappa shape index (κ3) is 2.16. The number of nitrogen functional groups attached to an aromatic ring is 1. The lowest BCUT2D eigenvalue weighted by molar-refractivity contribution is 0.416. The second-order valence-corrected chi connectivity index (χ2v) is 5.34. The Bertz CT molecular complexity index is 771. The minimum absolute atomic E-state index is 0.286. The van der Waals surface area contributed by atoms with E-state index >= 15 is 0 Å². The second-order valence-electron chi connectivity index (χ2n) is 5.34. The lowest BCUT2D eigenvalue weighted by atomic mass is 10.1. The van der Waals surface area contributed by atoms with E-state index in [0.29, 0.717) is 11.6 Å². The summed E-state index contributed by atoms with van der Waals surface area (Å²) in [5, 5.41) is 4.13. The molecule has 2 heterocycles. The van der Waals surface area contributed by atoms with Crippen molar-refractivity contribution < 1.29 is 4.52 Å². The van der Waals surface area contributed by atoms with E-state index in [-0.39, 0.29) is 5.92 Å². The van der Waals surface area contributed by atoms with E-state index in [1.807, 2.05) is 0 Å². The summed E-state index contributed by atoms with van der Waals surface area (Å²) in [5.41, 5.74) is 9.82. The average Bonchev–Trinajstić information content (AvgIpc) is 3.14. The summed E-state index contributed by atoms with van der Waals surface area (Å²) in [7, 11) is 0. The Kier molecular flexibility index (Phi) is 2.70. The summed E-state index contributed by atoms with van der Waals surface area (Å²) in [4.78, 5) is 8.56. The van der Waals surface area contributed by atoms with Crippen LogP contribution in [0.1, 0.15) is 22.9 Å². The third-order valence-corrected chi connectivity index (χ3v) is 3.86. The molecule has 3 aromatic rings. The minimum Gasteiger partial charge on any atom is -0.397 e. The Balaban J connectivity index is 1.62. The molecule has 2 N–H and O–H groups in total. The molecule has 0 spiro atoms. The molecule has 0 atom stereocenters. The molecule has 0 amide bonds. The van der Waals surface area contributed by atoms with Gasteiger partial charge in [-0.2, -0.15) is 4.98 Å². The van der Waals surface area contributed by atoms with Crippen LogP contribution in [-0.4, -0.2) is 15.1 Å². The zero-order chi connectivity index (χ0) is 14.2. The first kappa shape index (κ1) is 12.1. The molecule has 1 aliphatic rings. The van der Waals surface area contributed by atoms with Gasteiger partial charge in [-0.1, -0.05) is 29.4 Å². The van der Waals surface area contributed by atoms with E-state index in [2.05, 4.69) is 39.4 Å². The lowest BCUT2D eigenvalue weighted by Crippen LogP contribution is -2.00. The van der Waals surface area contributed by atoms with Crippen molar-refractivity contribution in [2.75, 3.05) is 5.73 Å². The van der Waals surface area contributed by atoms with Gasteiger partial charge in [-0.15, -0.1) is 0 Å².